The van der Waals surface area contributed by atoms with E-state index in [1.807, 2.05) is 0 Å². The number of ether oxygens (including phenoxy) is 1. The number of Topliss-reactive ketones (excluding diaryl/α,β-unsaturated/α-hetero) is 1. The van der Waals surface area contributed by atoms with E-state index in [0.717, 1.165) is 32.1 Å². The molecule has 31 heavy (non-hydrogen) atoms. The maximum atomic E-state index is 13.0. The van der Waals surface area contributed by atoms with Gasteiger partial charge in [-0.05, 0) is 56.0 Å². The Labute approximate surface area is 183 Å². The van der Waals surface area contributed by atoms with Gasteiger partial charge in [0.15, 0.2) is 17.1 Å². The Morgan fingerprint density at radius 1 is 1.13 bits per heavy atom. The van der Waals surface area contributed by atoms with Gasteiger partial charge >= 0.3 is 5.97 Å². The molecule has 3 aromatic rings. The number of halogens is 1. The first-order chi connectivity index (χ1) is 14.9. The molecule has 2 heterocycles. The number of ketones is 1. The number of phenolic OH excluding ortho intramolecular Hbond substituents is 1. The molecule has 0 amide bonds. The van der Waals surface area contributed by atoms with Crippen molar-refractivity contribution in [2.75, 3.05) is 0 Å². The van der Waals surface area contributed by atoms with Crippen LogP contribution in [0.3, 0.4) is 0 Å². The number of hydrogen-bond acceptors (Lipinski definition) is 5. The van der Waals surface area contributed by atoms with Crippen LogP contribution in [-0.2, 0) is 11.2 Å². The molecule has 2 N–H and O–H groups in total. The van der Waals surface area contributed by atoms with Crippen molar-refractivity contribution in [1.82, 2.24) is 0 Å². The lowest BCUT2D eigenvalue weighted by Crippen LogP contribution is -2.43. The molecule has 1 saturated carbocycles. The quantitative estimate of drug-likeness (QED) is 0.537. The van der Waals surface area contributed by atoms with E-state index in [2.05, 4.69) is 0 Å². The average molecular weight is 441 g/mol. The van der Waals surface area contributed by atoms with E-state index in [1.54, 1.807) is 30.3 Å². The van der Waals surface area contributed by atoms with Crippen LogP contribution in [-0.4, -0.2) is 27.6 Å². The number of furan rings is 1. The number of carboxylic acids is 1. The number of rotatable bonds is 3. The standard InChI is InChI=1S/C24H21ClO6/c25-14-6-4-13(5-7-14)21-16(11-19(27)28)15-10-17-18(26)12-24(8-2-1-3-9-24)31-23(17)20(29)22(15)30-21/h4-7,10,29H,1-3,8-9,11-12H2,(H,27,28). The highest BCUT2D eigenvalue weighted by atomic mass is 35.5. The van der Waals surface area contributed by atoms with Crippen molar-refractivity contribution in [3.05, 3.63) is 46.5 Å². The molecular formula is C24H21ClO6. The maximum absolute atomic E-state index is 13.0. The van der Waals surface area contributed by atoms with Crippen LogP contribution in [0.2, 0.25) is 5.02 Å². The van der Waals surface area contributed by atoms with Gasteiger partial charge in [0.1, 0.15) is 11.4 Å². The molecule has 7 heteroatoms. The molecule has 1 aliphatic carbocycles. The lowest BCUT2D eigenvalue weighted by Gasteiger charge is -2.40. The number of aromatic hydroxyl groups is 1. The van der Waals surface area contributed by atoms with Crippen molar-refractivity contribution in [1.29, 1.82) is 0 Å². The van der Waals surface area contributed by atoms with Gasteiger partial charge in [-0.2, -0.15) is 0 Å². The minimum Gasteiger partial charge on any atom is -0.502 e. The first-order valence-corrected chi connectivity index (χ1v) is 10.8. The third kappa shape index (κ3) is 3.35. The van der Waals surface area contributed by atoms with Gasteiger partial charge in [-0.15, -0.1) is 0 Å². The van der Waals surface area contributed by atoms with Crippen LogP contribution in [0.5, 0.6) is 11.5 Å². The highest BCUT2D eigenvalue weighted by molar-refractivity contribution is 6.30. The van der Waals surface area contributed by atoms with Crippen LogP contribution in [0.4, 0.5) is 0 Å². The van der Waals surface area contributed by atoms with E-state index in [0.29, 0.717) is 27.3 Å². The molecule has 0 radical (unpaired) electrons. The van der Waals surface area contributed by atoms with Crippen molar-refractivity contribution in [2.24, 2.45) is 0 Å². The summed E-state index contributed by atoms with van der Waals surface area (Å²) in [6.45, 7) is 0. The van der Waals surface area contributed by atoms with Gasteiger partial charge in [0.2, 0.25) is 5.75 Å². The predicted octanol–water partition coefficient (Wildman–Crippen LogP) is 5.75. The summed E-state index contributed by atoms with van der Waals surface area (Å²) >= 11 is 5.98. The molecule has 0 atom stereocenters. The number of benzene rings is 2. The zero-order valence-electron chi connectivity index (χ0n) is 16.7. The summed E-state index contributed by atoms with van der Waals surface area (Å²) in [5.74, 6) is -0.928. The smallest absolute Gasteiger partial charge is 0.307 e. The maximum Gasteiger partial charge on any atom is 0.307 e. The molecule has 5 rings (SSSR count). The molecule has 0 saturated heterocycles. The number of aliphatic carboxylic acids is 1. The van der Waals surface area contributed by atoms with Crippen molar-refractivity contribution < 1.29 is 29.0 Å². The monoisotopic (exact) mass is 440 g/mol. The van der Waals surface area contributed by atoms with Crippen molar-refractivity contribution in [3.8, 4) is 22.8 Å². The van der Waals surface area contributed by atoms with Gasteiger partial charge in [0.05, 0.1) is 18.4 Å². The van der Waals surface area contributed by atoms with Crippen molar-refractivity contribution in [2.45, 2.75) is 50.5 Å². The number of fused-ring (bicyclic) bond motifs is 2. The largest absolute Gasteiger partial charge is 0.502 e. The van der Waals surface area contributed by atoms with Crippen LogP contribution in [0.25, 0.3) is 22.3 Å². The summed E-state index contributed by atoms with van der Waals surface area (Å²) in [6.07, 6.45) is 4.57. The van der Waals surface area contributed by atoms with E-state index < -0.39 is 11.6 Å². The minimum atomic E-state index is -1.04. The van der Waals surface area contributed by atoms with E-state index >= 15 is 0 Å². The van der Waals surface area contributed by atoms with Gasteiger partial charge in [0.25, 0.3) is 0 Å². The molecule has 0 bridgehead atoms. The predicted molar refractivity (Wildman–Crippen MR) is 115 cm³/mol. The van der Waals surface area contributed by atoms with Crippen molar-refractivity contribution in [3.63, 3.8) is 0 Å². The van der Waals surface area contributed by atoms with Crippen molar-refractivity contribution >= 4 is 34.3 Å². The molecule has 2 aromatic carbocycles. The zero-order chi connectivity index (χ0) is 21.8. The lowest BCUT2D eigenvalue weighted by atomic mass is 9.78. The molecule has 1 aromatic heterocycles. The van der Waals surface area contributed by atoms with E-state index in [9.17, 15) is 19.8 Å². The van der Waals surface area contributed by atoms with Gasteiger partial charge in [0, 0.05) is 21.5 Å². The van der Waals surface area contributed by atoms with Crippen LogP contribution < -0.4 is 4.74 Å². The van der Waals surface area contributed by atoms with Gasteiger partial charge < -0.3 is 19.4 Å². The van der Waals surface area contributed by atoms with E-state index in [1.165, 1.54) is 0 Å². The molecule has 0 unspecified atom stereocenters. The fourth-order valence-electron chi connectivity index (χ4n) is 4.83. The molecule has 160 valence electrons. The zero-order valence-corrected chi connectivity index (χ0v) is 17.5. The molecule has 1 spiro atoms. The Hall–Kier alpha value is -2.99. The molecule has 2 aliphatic rings. The molecular weight excluding hydrogens is 420 g/mol. The number of carboxylic acid groups (broad SMARTS) is 1. The number of hydrogen-bond donors (Lipinski definition) is 2. The second-order valence-corrected chi connectivity index (χ2v) is 8.85. The average Bonchev–Trinajstić information content (AvgIpc) is 3.08. The Morgan fingerprint density at radius 2 is 1.84 bits per heavy atom. The van der Waals surface area contributed by atoms with E-state index in [-0.39, 0.29) is 41.3 Å². The minimum absolute atomic E-state index is 0.101. The summed E-state index contributed by atoms with van der Waals surface area (Å²) in [5.41, 5.74) is 0.846. The van der Waals surface area contributed by atoms with E-state index in [4.69, 9.17) is 20.8 Å². The highest BCUT2D eigenvalue weighted by Gasteiger charge is 2.43. The van der Waals surface area contributed by atoms with Gasteiger partial charge in [-0.25, -0.2) is 0 Å². The third-order valence-corrected chi connectivity index (χ3v) is 6.56. The molecule has 6 nitrogen and oxygen atoms in total. The number of carbonyl (C=O) groups is 2. The van der Waals surface area contributed by atoms with Crippen LogP contribution in [0, 0.1) is 0 Å². The Kier molecular flexibility index (Phi) is 4.70. The lowest BCUT2D eigenvalue weighted by molar-refractivity contribution is -0.136. The summed E-state index contributed by atoms with van der Waals surface area (Å²) in [6, 6.07) is 8.41. The topological polar surface area (TPSA) is 97.0 Å². The Balaban J connectivity index is 1.71. The Morgan fingerprint density at radius 3 is 2.52 bits per heavy atom. The fourth-order valence-corrected chi connectivity index (χ4v) is 4.96. The Bertz CT molecular complexity index is 1200. The summed E-state index contributed by atoms with van der Waals surface area (Å²) in [4.78, 5) is 24.6. The second-order valence-electron chi connectivity index (χ2n) is 8.41. The number of carbonyl (C=O) groups excluding carboxylic acids is 1. The highest BCUT2D eigenvalue weighted by Crippen LogP contribution is 2.50. The third-order valence-electron chi connectivity index (χ3n) is 6.31. The van der Waals surface area contributed by atoms with Gasteiger partial charge in [-0.3, -0.25) is 9.59 Å². The molecule has 1 fully saturated rings. The van der Waals surface area contributed by atoms with Crippen LogP contribution in [0.1, 0.15) is 54.4 Å². The van der Waals surface area contributed by atoms with Gasteiger partial charge in [-0.1, -0.05) is 18.0 Å². The SMILES string of the molecule is O=C(O)Cc1c(-c2ccc(Cl)cc2)oc2c(O)c3c(cc12)C(=O)CC1(CCCCC1)O3. The fraction of sp³-hybridized carbons (Fsp3) is 0.333. The first kappa shape index (κ1) is 19.9. The first-order valence-electron chi connectivity index (χ1n) is 10.4. The van der Waals surface area contributed by atoms with Crippen LogP contribution >= 0.6 is 11.6 Å². The molecule has 1 aliphatic heterocycles. The second kappa shape index (κ2) is 7.31. The summed E-state index contributed by atoms with van der Waals surface area (Å²) in [7, 11) is 0. The normalized spacial score (nSPS) is 17.5. The number of phenols is 1. The summed E-state index contributed by atoms with van der Waals surface area (Å²) in [5, 5.41) is 21.5. The summed E-state index contributed by atoms with van der Waals surface area (Å²) < 4.78 is 12.2. The van der Waals surface area contributed by atoms with Crippen LogP contribution in [0.15, 0.2) is 34.7 Å².